The van der Waals surface area contributed by atoms with Crippen molar-refractivity contribution in [2.45, 2.75) is 27.2 Å². The predicted molar refractivity (Wildman–Crippen MR) is 127 cm³/mol. The van der Waals surface area contributed by atoms with Crippen LogP contribution in [0, 0.1) is 20.8 Å². The quantitative estimate of drug-likeness (QED) is 0.613. The van der Waals surface area contributed by atoms with Gasteiger partial charge in [0.15, 0.2) is 0 Å². The normalized spacial score (nSPS) is 13.9. The van der Waals surface area contributed by atoms with Crippen molar-refractivity contribution in [1.29, 1.82) is 0 Å². The Morgan fingerprint density at radius 1 is 0.969 bits per heavy atom. The van der Waals surface area contributed by atoms with Crippen molar-refractivity contribution >= 4 is 11.7 Å². The van der Waals surface area contributed by atoms with E-state index in [4.69, 9.17) is 9.72 Å². The third-order valence-corrected chi connectivity index (χ3v) is 5.98. The highest BCUT2D eigenvalue weighted by Gasteiger charge is 2.25. The van der Waals surface area contributed by atoms with E-state index in [1.807, 2.05) is 62.1 Å². The van der Waals surface area contributed by atoms with Gasteiger partial charge in [0.05, 0.1) is 7.11 Å². The molecule has 1 aliphatic rings. The highest BCUT2D eigenvalue weighted by Crippen LogP contribution is 2.26. The number of nitrogens with zero attached hydrogens (tertiary/aromatic N) is 4. The molecule has 1 aliphatic heterocycles. The van der Waals surface area contributed by atoms with Crippen LogP contribution in [-0.2, 0) is 6.42 Å². The van der Waals surface area contributed by atoms with Gasteiger partial charge in [-0.3, -0.25) is 4.79 Å². The van der Waals surface area contributed by atoms with Crippen LogP contribution in [0.4, 0.5) is 5.82 Å². The van der Waals surface area contributed by atoms with Gasteiger partial charge in [-0.1, -0.05) is 29.8 Å². The second-order valence-corrected chi connectivity index (χ2v) is 8.33. The monoisotopic (exact) mass is 430 g/mol. The lowest BCUT2D eigenvalue weighted by Crippen LogP contribution is -2.49. The average Bonchev–Trinajstić information content (AvgIpc) is 2.81. The minimum atomic E-state index is 0.0938. The number of amides is 1. The number of methoxy groups -OCH3 is 1. The number of hydrogen-bond donors (Lipinski definition) is 0. The molecule has 0 radical (unpaired) electrons. The molecule has 0 N–H and O–H groups in total. The molecule has 1 saturated heterocycles. The highest BCUT2D eigenvalue weighted by atomic mass is 16.5. The molecular weight excluding hydrogens is 400 g/mol. The third kappa shape index (κ3) is 4.74. The number of carbonyl (C=O) groups is 1. The van der Waals surface area contributed by atoms with E-state index in [-0.39, 0.29) is 5.91 Å². The molecule has 0 aliphatic carbocycles. The maximum Gasteiger partial charge on any atom is 0.253 e. The zero-order chi connectivity index (χ0) is 22.7. The zero-order valence-corrected chi connectivity index (χ0v) is 19.3. The first-order valence-electron chi connectivity index (χ1n) is 11.0. The number of anilines is 1. The second kappa shape index (κ2) is 9.39. The molecule has 6 heteroatoms. The highest BCUT2D eigenvalue weighted by molar-refractivity contribution is 5.94. The largest absolute Gasteiger partial charge is 0.497 e. The number of benzene rings is 2. The fraction of sp³-hybridized carbons (Fsp3) is 0.346. The Kier molecular flexibility index (Phi) is 6.40. The Bertz CT molecular complexity index is 1100. The molecule has 2 heterocycles. The Hall–Kier alpha value is -3.41. The number of hydrogen-bond acceptors (Lipinski definition) is 5. The van der Waals surface area contributed by atoms with Crippen molar-refractivity contribution in [2.75, 3.05) is 38.2 Å². The van der Waals surface area contributed by atoms with Gasteiger partial charge in [0.2, 0.25) is 0 Å². The minimum absolute atomic E-state index is 0.0938. The van der Waals surface area contributed by atoms with Crippen LogP contribution in [0.5, 0.6) is 5.75 Å². The first kappa shape index (κ1) is 21.8. The first-order valence-corrected chi connectivity index (χ1v) is 11.0. The van der Waals surface area contributed by atoms with Crippen LogP contribution in [0.3, 0.4) is 0 Å². The molecule has 1 amide bonds. The van der Waals surface area contributed by atoms with Gasteiger partial charge < -0.3 is 14.5 Å². The fourth-order valence-electron chi connectivity index (χ4n) is 4.17. The van der Waals surface area contributed by atoms with E-state index in [0.717, 1.165) is 64.8 Å². The van der Waals surface area contributed by atoms with E-state index in [2.05, 4.69) is 22.0 Å². The van der Waals surface area contributed by atoms with Crippen molar-refractivity contribution in [3.05, 3.63) is 82.3 Å². The molecule has 0 bridgehead atoms. The summed E-state index contributed by atoms with van der Waals surface area (Å²) in [5.41, 5.74) is 5.19. The van der Waals surface area contributed by atoms with Gasteiger partial charge in [0.1, 0.15) is 17.4 Å². The Balaban J connectivity index is 1.52. The van der Waals surface area contributed by atoms with Crippen LogP contribution in [-0.4, -0.2) is 54.1 Å². The molecular formula is C26H30N4O2. The maximum absolute atomic E-state index is 12.9. The SMILES string of the molecule is COc1cccc(Cc2c(C)nc(C)nc2N2CCN(C(=O)c3ccc(C)cc3)CC2)c1. The number of ether oxygens (including phenoxy) is 1. The molecule has 4 rings (SSSR count). The molecule has 0 atom stereocenters. The number of aromatic nitrogens is 2. The lowest BCUT2D eigenvalue weighted by atomic mass is 10.0. The summed E-state index contributed by atoms with van der Waals surface area (Å²) in [5, 5.41) is 0. The third-order valence-electron chi connectivity index (χ3n) is 5.98. The van der Waals surface area contributed by atoms with E-state index in [0.29, 0.717) is 13.1 Å². The van der Waals surface area contributed by atoms with Crippen LogP contribution in [0.1, 0.15) is 38.6 Å². The first-order chi connectivity index (χ1) is 15.4. The van der Waals surface area contributed by atoms with Crippen molar-refractivity contribution in [2.24, 2.45) is 0 Å². The molecule has 3 aromatic rings. The van der Waals surface area contributed by atoms with Crippen molar-refractivity contribution < 1.29 is 9.53 Å². The lowest BCUT2D eigenvalue weighted by molar-refractivity contribution is 0.0746. The molecule has 0 saturated carbocycles. The van der Waals surface area contributed by atoms with Crippen LogP contribution in [0.15, 0.2) is 48.5 Å². The van der Waals surface area contributed by atoms with E-state index >= 15 is 0 Å². The standard InChI is InChI=1S/C26H30N4O2/c1-18-8-10-22(11-9-18)26(31)30-14-12-29(13-15-30)25-24(19(2)27-20(3)28-25)17-21-6-5-7-23(16-21)32-4/h5-11,16H,12-15,17H2,1-4H3. The molecule has 6 nitrogen and oxygen atoms in total. The topological polar surface area (TPSA) is 58.6 Å². The molecule has 32 heavy (non-hydrogen) atoms. The van der Waals surface area contributed by atoms with Crippen LogP contribution >= 0.6 is 0 Å². The van der Waals surface area contributed by atoms with Crippen LogP contribution in [0.2, 0.25) is 0 Å². The summed E-state index contributed by atoms with van der Waals surface area (Å²) in [6.07, 6.45) is 0.737. The fourth-order valence-corrected chi connectivity index (χ4v) is 4.17. The summed E-state index contributed by atoms with van der Waals surface area (Å²) < 4.78 is 5.39. The van der Waals surface area contributed by atoms with Crippen molar-refractivity contribution in [1.82, 2.24) is 14.9 Å². The van der Waals surface area contributed by atoms with Crippen LogP contribution in [0.25, 0.3) is 0 Å². The Morgan fingerprint density at radius 2 is 1.69 bits per heavy atom. The smallest absolute Gasteiger partial charge is 0.253 e. The van der Waals surface area contributed by atoms with Gasteiger partial charge in [-0.15, -0.1) is 0 Å². The molecule has 0 spiro atoms. The Morgan fingerprint density at radius 3 is 2.38 bits per heavy atom. The summed E-state index contributed by atoms with van der Waals surface area (Å²) in [4.78, 5) is 26.6. The lowest BCUT2D eigenvalue weighted by Gasteiger charge is -2.36. The Labute approximate surface area is 189 Å². The van der Waals surface area contributed by atoms with Crippen molar-refractivity contribution in [3.8, 4) is 5.75 Å². The number of aryl methyl sites for hydroxylation is 3. The van der Waals surface area contributed by atoms with E-state index in [9.17, 15) is 4.79 Å². The van der Waals surface area contributed by atoms with Gasteiger partial charge in [-0.2, -0.15) is 0 Å². The van der Waals surface area contributed by atoms with Gasteiger partial charge >= 0.3 is 0 Å². The number of carbonyl (C=O) groups excluding carboxylic acids is 1. The molecule has 0 unspecified atom stereocenters. The predicted octanol–water partition coefficient (Wildman–Crippen LogP) is 3.96. The molecule has 2 aromatic carbocycles. The van der Waals surface area contributed by atoms with Crippen LogP contribution < -0.4 is 9.64 Å². The van der Waals surface area contributed by atoms with E-state index < -0.39 is 0 Å². The summed E-state index contributed by atoms with van der Waals surface area (Å²) in [5.74, 6) is 2.68. The molecule has 1 aromatic heterocycles. The zero-order valence-electron chi connectivity index (χ0n) is 19.3. The van der Waals surface area contributed by atoms with Crippen molar-refractivity contribution in [3.63, 3.8) is 0 Å². The van der Waals surface area contributed by atoms with Gasteiger partial charge in [0, 0.05) is 49.4 Å². The molecule has 1 fully saturated rings. The van der Waals surface area contributed by atoms with Gasteiger partial charge in [-0.25, -0.2) is 9.97 Å². The summed E-state index contributed by atoms with van der Waals surface area (Å²) in [6.45, 7) is 8.85. The average molecular weight is 431 g/mol. The summed E-state index contributed by atoms with van der Waals surface area (Å²) in [6, 6.07) is 15.9. The van der Waals surface area contributed by atoms with Gasteiger partial charge in [0.25, 0.3) is 5.91 Å². The summed E-state index contributed by atoms with van der Waals surface area (Å²) in [7, 11) is 1.68. The second-order valence-electron chi connectivity index (χ2n) is 8.33. The van der Waals surface area contributed by atoms with E-state index in [1.54, 1.807) is 7.11 Å². The van der Waals surface area contributed by atoms with Gasteiger partial charge in [-0.05, 0) is 50.6 Å². The summed E-state index contributed by atoms with van der Waals surface area (Å²) >= 11 is 0. The molecule has 166 valence electrons. The maximum atomic E-state index is 12.9. The number of piperazine rings is 1. The minimum Gasteiger partial charge on any atom is -0.497 e. The van der Waals surface area contributed by atoms with E-state index in [1.165, 1.54) is 0 Å². The number of rotatable bonds is 5.